The first kappa shape index (κ1) is 14.7. The van der Waals surface area contributed by atoms with E-state index in [1.165, 1.54) is 18.2 Å². The average Bonchev–Trinajstić information content (AvgIpc) is 2.42. The number of ether oxygens (including phenoxy) is 1. The third-order valence-corrected chi connectivity index (χ3v) is 2.91. The van der Waals surface area contributed by atoms with Crippen molar-refractivity contribution in [2.45, 2.75) is 6.92 Å². The maximum Gasteiger partial charge on any atom is 0.337 e. The van der Waals surface area contributed by atoms with Crippen LogP contribution in [0.3, 0.4) is 0 Å². The number of aryl methyl sites for hydroxylation is 1. The van der Waals surface area contributed by atoms with E-state index in [1.807, 2.05) is 0 Å². The van der Waals surface area contributed by atoms with E-state index < -0.39 is 10.9 Å². The number of pyridine rings is 1. The van der Waals surface area contributed by atoms with E-state index in [2.05, 4.69) is 4.98 Å². The lowest BCUT2D eigenvalue weighted by atomic mass is 10.2. The van der Waals surface area contributed by atoms with Crippen LogP contribution in [0.25, 0.3) is 0 Å². The van der Waals surface area contributed by atoms with Crippen LogP contribution in [0.1, 0.15) is 15.9 Å². The summed E-state index contributed by atoms with van der Waals surface area (Å²) in [6.07, 6.45) is 1.16. The Labute approximate surface area is 123 Å². The summed E-state index contributed by atoms with van der Waals surface area (Å²) in [6, 6.07) is 5.18. The minimum absolute atomic E-state index is 0.0367. The molecule has 0 fully saturated rings. The lowest BCUT2D eigenvalue weighted by molar-refractivity contribution is -0.384. The van der Waals surface area contributed by atoms with Gasteiger partial charge in [-0.25, -0.2) is 9.78 Å². The molecule has 2 rings (SSSR count). The first-order valence-corrected chi connectivity index (χ1v) is 6.08. The third-order valence-electron chi connectivity index (χ3n) is 2.61. The van der Waals surface area contributed by atoms with Gasteiger partial charge in [-0.3, -0.25) is 10.1 Å². The Balaban J connectivity index is 2.30. The fourth-order valence-corrected chi connectivity index (χ4v) is 1.79. The van der Waals surface area contributed by atoms with Gasteiger partial charge in [0.25, 0.3) is 5.69 Å². The van der Waals surface area contributed by atoms with Gasteiger partial charge in [-0.15, -0.1) is 0 Å². The van der Waals surface area contributed by atoms with E-state index in [4.69, 9.17) is 21.4 Å². The van der Waals surface area contributed by atoms with Gasteiger partial charge in [-0.1, -0.05) is 11.6 Å². The highest BCUT2D eigenvalue weighted by Crippen LogP contribution is 2.32. The number of nitro groups is 1. The summed E-state index contributed by atoms with van der Waals surface area (Å²) in [5, 5.41) is 19.5. The van der Waals surface area contributed by atoms with Crippen molar-refractivity contribution in [3.05, 3.63) is 56.7 Å². The molecule has 1 heterocycles. The molecule has 0 aliphatic rings. The van der Waals surface area contributed by atoms with E-state index in [9.17, 15) is 14.9 Å². The Morgan fingerprint density at radius 3 is 2.67 bits per heavy atom. The molecular weight excluding hydrogens is 300 g/mol. The van der Waals surface area contributed by atoms with Crippen LogP contribution in [0.4, 0.5) is 5.69 Å². The van der Waals surface area contributed by atoms with E-state index in [0.29, 0.717) is 5.56 Å². The van der Waals surface area contributed by atoms with Crippen LogP contribution >= 0.6 is 11.6 Å². The zero-order valence-corrected chi connectivity index (χ0v) is 11.5. The van der Waals surface area contributed by atoms with Gasteiger partial charge in [-0.05, 0) is 19.1 Å². The van der Waals surface area contributed by atoms with Crippen LogP contribution in [0.2, 0.25) is 5.02 Å². The molecular formula is C13H9ClN2O5. The van der Waals surface area contributed by atoms with Crippen LogP contribution < -0.4 is 4.74 Å². The Hall–Kier alpha value is -2.67. The molecule has 2 aromatic rings. The number of aromatic nitrogens is 1. The largest absolute Gasteiger partial charge is 0.478 e. The number of halogens is 1. The van der Waals surface area contributed by atoms with Crippen molar-refractivity contribution < 1.29 is 19.6 Å². The van der Waals surface area contributed by atoms with Crippen LogP contribution in [0.15, 0.2) is 30.5 Å². The van der Waals surface area contributed by atoms with Gasteiger partial charge in [0.1, 0.15) is 5.75 Å². The molecule has 21 heavy (non-hydrogen) atoms. The van der Waals surface area contributed by atoms with Crippen LogP contribution in [0, 0.1) is 17.0 Å². The van der Waals surface area contributed by atoms with Crippen LogP contribution in [-0.4, -0.2) is 21.0 Å². The lowest BCUT2D eigenvalue weighted by Gasteiger charge is -2.09. The number of carboxylic acid groups (broad SMARTS) is 1. The maximum absolute atomic E-state index is 10.8. The molecule has 0 radical (unpaired) electrons. The fraction of sp³-hybridized carbons (Fsp3) is 0.0769. The second-order valence-corrected chi connectivity index (χ2v) is 4.53. The topological polar surface area (TPSA) is 103 Å². The second-order valence-electron chi connectivity index (χ2n) is 4.13. The van der Waals surface area contributed by atoms with E-state index >= 15 is 0 Å². The monoisotopic (exact) mass is 308 g/mol. The van der Waals surface area contributed by atoms with Crippen LogP contribution in [0.5, 0.6) is 11.6 Å². The molecule has 0 saturated heterocycles. The normalized spacial score (nSPS) is 10.2. The van der Waals surface area contributed by atoms with Gasteiger partial charge in [0, 0.05) is 23.9 Å². The van der Waals surface area contributed by atoms with E-state index in [-0.39, 0.29) is 27.9 Å². The molecule has 0 saturated carbocycles. The molecule has 0 aliphatic carbocycles. The number of nitrogens with zero attached hydrogens (tertiary/aromatic N) is 2. The van der Waals surface area contributed by atoms with Crippen molar-refractivity contribution in [2.75, 3.05) is 0 Å². The molecule has 0 spiro atoms. The smallest absolute Gasteiger partial charge is 0.337 e. The molecule has 8 heteroatoms. The Morgan fingerprint density at radius 1 is 1.43 bits per heavy atom. The maximum atomic E-state index is 10.8. The highest BCUT2D eigenvalue weighted by molar-refractivity contribution is 6.32. The number of non-ortho nitro benzene ring substituents is 1. The quantitative estimate of drug-likeness (QED) is 0.685. The number of benzene rings is 1. The molecule has 0 aliphatic heterocycles. The van der Waals surface area contributed by atoms with E-state index in [1.54, 1.807) is 6.92 Å². The van der Waals surface area contributed by atoms with Gasteiger partial charge >= 0.3 is 5.97 Å². The molecule has 0 unspecified atom stereocenters. The number of carboxylic acids is 1. The Kier molecular flexibility index (Phi) is 4.04. The molecule has 0 atom stereocenters. The van der Waals surface area contributed by atoms with Gasteiger partial charge in [-0.2, -0.15) is 0 Å². The average molecular weight is 309 g/mol. The summed E-state index contributed by atoms with van der Waals surface area (Å²) in [6.45, 7) is 1.63. The van der Waals surface area contributed by atoms with Crippen molar-refractivity contribution >= 4 is 23.3 Å². The number of hydrogen-bond donors (Lipinski definition) is 1. The minimum Gasteiger partial charge on any atom is -0.478 e. The summed E-state index contributed by atoms with van der Waals surface area (Å²) in [7, 11) is 0. The van der Waals surface area contributed by atoms with Crippen molar-refractivity contribution in [3.8, 4) is 11.6 Å². The standard InChI is InChI=1S/C13H9ClN2O5/c1-7-4-8(13(17)18)6-15-12(7)21-11-3-2-9(16(19)20)5-10(11)14/h2-6H,1H3,(H,17,18). The molecule has 1 aromatic carbocycles. The minimum atomic E-state index is -1.09. The third kappa shape index (κ3) is 3.26. The lowest BCUT2D eigenvalue weighted by Crippen LogP contribution is -2.00. The SMILES string of the molecule is Cc1cc(C(=O)O)cnc1Oc1ccc([N+](=O)[O-])cc1Cl. The zero-order chi connectivity index (χ0) is 15.6. The van der Waals surface area contributed by atoms with Gasteiger partial charge in [0.2, 0.25) is 5.88 Å². The van der Waals surface area contributed by atoms with Gasteiger partial charge < -0.3 is 9.84 Å². The molecule has 108 valence electrons. The second kappa shape index (κ2) is 5.76. The molecule has 1 N–H and O–H groups in total. The molecule has 1 aromatic heterocycles. The number of aromatic carboxylic acids is 1. The molecule has 7 nitrogen and oxygen atoms in total. The number of rotatable bonds is 4. The number of nitro benzene ring substituents is 1. The van der Waals surface area contributed by atoms with Crippen molar-refractivity contribution in [2.24, 2.45) is 0 Å². The van der Waals surface area contributed by atoms with Crippen molar-refractivity contribution in [1.82, 2.24) is 4.98 Å². The highest BCUT2D eigenvalue weighted by atomic mass is 35.5. The van der Waals surface area contributed by atoms with Gasteiger partial charge in [0.05, 0.1) is 15.5 Å². The van der Waals surface area contributed by atoms with Gasteiger partial charge in [0.15, 0.2) is 0 Å². The summed E-state index contributed by atoms with van der Waals surface area (Å²) < 4.78 is 5.45. The summed E-state index contributed by atoms with van der Waals surface area (Å²) >= 11 is 5.91. The first-order chi connectivity index (χ1) is 9.88. The summed E-state index contributed by atoms with van der Waals surface area (Å²) in [5.41, 5.74) is 0.386. The number of carbonyl (C=O) groups is 1. The van der Waals surface area contributed by atoms with Crippen molar-refractivity contribution in [3.63, 3.8) is 0 Å². The fourth-order valence-electron chi connectivity index (χ4n) is 1.58. The zero-order valence-electron chi connectivity index (χ0n) is 10.7. The predicted octanol–water partition coefficient (Wildman–Crippen LogP) is 3.44. The Morgan fingerprint density at radius 2 is 2.14 bits per heavy atom. The summed E-state index contributed by atoms with van der Waals surface area (Å²) in [4.78, 5) is 24.8. The summed E-state index contributed by atoms with van der Waals surface area (Å²) in [5.74, 6) is -0.720. The number of hydrogen-bond acceptors (Lipinski definition) is 5. The van der Waals surface area contributed by atoms with Crippen molar-refractivity contribution in [1.29, 1.82) is 0 Å². The molecule has 0 amide bonds. The van der Waals surface area contributed by atoms with Crippen LogP contribution in [-0.2, 0) is 0 Å². The molecule has 0 bridgehead atoms. The Bertz CT molecular complexity index is 671. The predicted molar refractivity (Wildman–Crippen MR) is 74.1 cm³/mol. The first-order valence-electron chi connectivity index (χ1n) is 5.70. The van der Waals surface area contributed by atoms with E-state index in [0.717, 1.165) is 12.3 Å². The highest BCUT2D eigenvalue weighted by Gasteiger charge is 2.13.